The molecule has 36 heavy (non-hydrogen) atoms. The maximum atomic E-state index is 13.2. The van der Waals surface area contributed by atoms with Gasteiger partial charge in [-0.1, -0.05) is 31.9 Å². The molecule has 0 saturated carbocycles. The predicted molar refractivity (Wildman–Crippen MR) is 145 cm³/mol. The van der Waals surface area contributed by atoms with Crippen LogP contribution in [0, 0.1) is 21.3 Å². The zero-order valence-corrected chi connectivity index (χ0v) is 23.4. The van der Waals surface area contributed by atoms with Crippen LogP contribution in [0.5, 0.6) is 11.5 Å². The molecule has 0 radical (unpaired) electrons. The number of aliphatic hydroxyl groups excluding tert-OH is 1. The Bertz CT molecular complexity index is 1080. The zero-order chi connectivity index (χ0) is 26.0. The number of fused-ring (bicyclic) bond motifs is 3. The summed E-state index contributed by atoms with van der Waals surface area (Å²) in [6.45, 7) is 4.89. The lowest BCUT2D eigenvalue weighted by Crippen LogP contribution is -2.35. The van der Waals surface area contributed by atoms with Crippen molar-refractivity contribution in [1.29, 1.82) is 0 Å². The maximum Gasteiger partial charge on any atom is 0.233 e. The Morgan fingerprint density at radius 1 is 1.19 bits per heavy atom. The number of imide groups is 1. The smallest absolute Gasteiger partial charge is 0.233 e. The molecular formula is C28H36INO6. The van der Waals surface area contributed by atoms with E-state index in [1.807, 2.05) is 19.1 Å². The van der Waals surface area contributed by atoms with Gasteiger partial charge in [-0.05, 0) is 83.5 Å². The lowest BCUT2D eigenvalue weighted by Gasteiger charge is -2.31. The third kappa shape index (κ3) is 5.09. The van der Waals surface area contributed by atoms with Crippen LogP contribution < -0.4 is 4.74 Å². The fraction of sp³-hybridized carbons (Fsp3) is 0.571. The number of hydrogen-bond acceptors (Lipinski definition) is 6. The van der Waals surface area contributed by atoms with Crippen LogP contribution in [0.15, 0.2) is 28.9 Å². The SMILES string of the molecule is CCC/C(=C\c1cc(I)c(O)c(OC)c1)CC[C@H]1OC[C@H]2C1=C(CO)C[C@H]1C(=O)N(CCC)C(=O)[C@H]12. The second-order valence-electron chi connectivity index (χ2n) is 9.95. The summed E-state index contributed by atoms with van der Waals surface area (Å²) in [6, 6.07) is 3.78. The average Bonchev–Trinajstić information content (AvgIpc) is 3.39. The number of amides is 2. The first-order valence-corrected chi connectivity index (χ1v) is 14.0. The van der Waals surface area contributed by atoms with Crippen LogP contribution >= 0.6 is 22.6 Å². The first kappa shape index (κ1) is 27.1. The minimum atomic E-state index is -0.371. The first-order chi connectivity index (χ1) is 17.3. The molecule has 0 spiro atoms. The van der Waals surface area contributed by atoms with Gasteiger partial charge in [0.05, 0.1) is 41.8 Å². The molecule has 7 nitrogen and oxygen atoms in total. The van der Waals surface area contributed by atoms with Crippen molar-refractivity contribution < 1.29 is 29.3 Å². The molecule has 2 fully saturated rings. The molecular weight excluding hydrogens is 573 g/mol. The summed E-state index contributed by atoms with van der Waals surface area (Å²) >= 11 is 2.10. The number of nitrogens with zero attached hydrogens (tertiary/aromatic N) is 1. The highest BCUT2D eigenvalue weighted by molar-refractivity contribution is 14.1. The predicted octanol–water partition coefficient (Wildman–Crippen LogP) is 4.69. The highest BCUT2D eigenvalue weighted by Gasteiger charge is 2.56. The molecule has 2 aliphatic heterocycles. The lowest BCUT2D eigenvalue weighted by atomic mass is 9.69. The fourth-order valence-corrected chi connectivity index (χ4v) is 6.73. The van der Waals surface area contributed by atoms with E-state index in [1.54, 1.807) is 7.11 Å². The third-order valence-electron chi connectivity index (χ3n) is 7.68. The second kappa shape index (κ2) is 11.6. The van der Waals surface area contributed by atoms with Crippen molar-refractivity contribution in [3.05, 3.63) is 38.0 Å². The number of benzene rings is 1. The Kier molecular flexibility index (Phi) is 8.78. The number of carbonyl (C=O) groups excluding carboxylic acids is 2. The van der Waals surface area contributed by atoms with Gasteiger partial charge in [-0.25, -0.2) is 0 Å². The molecule has 1 aromatic carbocycles. The Morgan fingerprint density at radius 3 is 2.64 bits per heavy atom. The summed E-state index contributed by atoms with van der Waals surface area (Å²) in [5.41, 5.74) is 4.18. The number of hydrogen-bond donors (Lipinski definition) is 2. The van der Waals surface area contributed by atoms with Gasteiger partial charge >= 0.3 is 0 Å². The van der Waals surface area contributed by atoms with Gasteiger partial charge in [-0.15, -0.1) is 0 Å². The molecule has 4 rings (SSSR count). The summed E-state index contributed by atoms with van der Waals surface area (Å²) in [4.78, 5) is 27.5. The number of phenolic OH excluding ortho intramolecular Hbond substituents is 1. The largest absolute Gasteiger partial charge is 0.504 e. The number of halogens is 1. The summed E-state index contributed by atoms with van der Waals surface area (Å²) in [7, 11) is 1.55. The van der Waals surface area contributed by atoms with Gasteiger partial charge in [0.15, 0.2) is 11.5 Å². The molecule has 2 heterocycles. The first-order valence-electron chi connectivity index (χ1n) is 12.9. The van der Waals surface area contributed by atoms with E-state index in [-0.39, 0.29) is 48.0 Å². The molecule has 0 aromatic heterocycles. The topological polar surface area (TPSA) is 96.3 Å². The average molecular weight is 610 g/mol. The number of aromatic hydroxyl groups is 1. The van der Waals surface area contributed by atoms with Crippen LogP contribution in [0.1, 0.15) is 57.9 Å². The fourth-order valence-electron chi connectivity index (χ4n) is 6.10. The lowest BCUT2D eigenvalue weighted by molar-refractivity contribution is -0.140. The normalized spacial score (nSPS) is 26.0. The van der Waals surface area contributed by atoms with Crippen molar-refractivity contribution in [1.82, 2.24) is 4.90 Å². The summed E-state index contributed by atoms with van der Waals surface area (Å²) in [5, 5.41) is 20.4. The van der Waals surface area contributed by atoms with E-state index in [9.17, 15) is 19.8 Å². The maximum absolute atomic E-state index is 13.2. The van der Waals surface area contributed by atoms with E-state index in [0.29, 0.717) is 25.3 Å². The Labute approximate surface area is 226 Å². The molecule has 4 atom stereocenters. The molecule has 2 amide bonds. The van der Waals surface area contributed by atoms with Crippen LogP contribution in [0.4, 0.5) is 0 Å². The molecule has 2 N–H and O–H groups in total. The summed E-state index contributed by atoms with van der Waals surface area (Å²) in [5.74, 6) is -0.426. The molecule has 0 bridgehead atoms. The number of rotatable bonds is 10. The van der Waals surface area contributed by atoms with Crippen LogP contribution in [-0.4, -0.2) is 59.9 Å². The molecule has 196 valence electrons. The Morgan fingerprint density at radius 2 is 1.97 bits per heavy atom. The van der Waals surface area contributed by atoms with Crippen LogP contribution in [0.3, 0.4) is 0 Å². The van der Waals surface area contributed by atoms with Gasteiger partial charge in [0.1, 0.15) is 0 Å². The van der Waals surface area contributed by atoms with Crippen LogP contribution in [0.2, 0.25) is 0 Å². The van der Waals surface area contributed by atoms with Crippen LogP contribution in [0.25, 0.3) is 6.08 Å². The molecule has 2 saturated heterocycles. The monoisotopic (exact) mass is 609 g/mol. The summed E-state index contributed by atoms with van der Waals surface area (Å²) < 4.78 is 12.3. The number of aliphatic hydroxyl groups is 1. The number of likely N-dealkylation sites (tertiary alicyclic amines) is 1. The van der Waals surface area contributed by atoms with E-state index in [0.717, 1.165) is 52.4 Å². The van der Waals surface area contributed by atoms with Gasteiger partial charge in [0, 0.05) is 12.5 Å². The number of allylic oxidation sites excluding steroid dienone is 1. The second-order valence-corrected chi connectivity index (χ2v) is 11.1. The number of carbonyl (C=O) groups is 2. The highest BCUT2D eigenvalue weighted by Crippen LogP contribution is 2.49. The Hall–Kier alpha value is -1.91. The van der Waals surface area contributed by atoms with Gasteiger partial charge in [-0.3, -0.25) is 14.5 Å². The van der Waals surface area contributed by atoms with Crippen molar-refractivity contribution in [3.8, 4) is 11.5 Å². The van der Waals surface area contributed by atoms with Gasteiger partial charge in [-0.2, -0.15) is 0 Å². The number of methoxy groups -OCH3 is 1. The molecule has 1 aromatic rings. The van der Waals surface area contributed by atoms with E-state index < -0.39 is 0 Å². The van der Waals surface area contributed by atoms with Crippen molar-refractivity contribution in [2.75, 3.05) is 26.9 Å². The quantitative estimate of drug-likeness (QED) is 0.227. The minimum absolute atomic E-state index is 0.0713. The summed E-state index contributed by atoms with van der Waals surface area (Å²) in [6.07, 6.45) is 6.70. The molecule has 3 aliphatic rings. The van der Waals surface area contributed by atoms with E-state index in [2.05, 4.69) is 35.6 Å². The minimum Gasteiger partial charge on any atom is -0.504 e. The van der Waals surface area contributed by atoms with Gasteiger partial charge in [0.25, 0.3) is 0 Å². The number of phenols is 1. The number of ether oxygens (including phenoxy) is 2. The van der Waals surface area contributed by atoms with E-state index in [4.69, 9.17) is 9.47 Å². The zero-order valence-electron chi connectivity index (χ0n) is 21.3. The Balaban J connectivity index is 1.54. The van der Waals surface area contributed by atoms with Crippen molar-refractivity contribution >= 4 is 40.5 Å². The highest BCUT2D eigenvalue weighted by atomic mass is 127. The van der Waals surface area contributed by atoms with E-state index >= 15 is 0 Å². The van der Waals surface area contributed by atoms with E-state index in [1.165, 1.54) is 10.5 Å². The van der Waals surface area contributed by atoms with Crippen LogP contribution in [-0.2, 0) is 14.3 Å². The van der Waals surface area contributed by atoms with Gasteiger partial charge in [0.2, 0.25) is 11.8 Å². The molecule has 8 heteroatoms. The molecule has 0 unspecified atom stereocenters. The van der Waals surface area contributed by atoms with Crippen molar-refractivity contribution in [3.63, 3.8) is 0 Å². The third-order valence-corrected chi connectivity index (χ3v) is 8.50. The standard InChI is InChI=1S/C28H36INO6/c1-4-6-16(10-17-11-21(29)26(32)23(12-17)35-3)7-8-22-24-18(14-31)13-19-25(20(24)15-36-22)28(34)30(9-5-2)27(19)33/h10-12,19-20,22,25,31-32H,4-9,13-15H2,1-3H3/b16-10+/t19-,20+,22-,25-/m1/s1. The molecule has 1 aliphatic carbocycles. The van der Waals surface area contributed by atoms with Crippen molar-refractivity contribution in [2.24, 2.45) is 17.8 Å². The van der Waals surface area contributed by atoms with Gasteiger partial charge < -0.3 is 19.7 Å². The van der Waals surface area contributed by atoms with Crippen molar-refractivity contribution in [2.45, 2.75) is 58.5 Å².